The summed E-state index contributed by atoms with van der Waals surface area (Å²) < 4.78 is 20.2. The Morgan fingerprint density at radius 3 is 2.70 bits per heavy atom. The van der Waals surface area contributed by atoms with Gasteiger partial charge in [-0.3, -0.25) is 0 Å². The number of anilines is 1. The van der Waals surface area contributed by atoms with Crippen molar-refractivity contribution in [3.8, 4) is 0 Å². The van der Waals surface area contributed by atoms with Crippen LogP contribution < -0.4 is 4.90 Å². The van der Waals surface area contributed by atoms with Gasteiger partial charge in [0, 0.05) is 31.1 Å². The van der Waals surface area contributed by atoms with Crippen LogP contribution in [0, 0.1) is 5.82 Å². The summed E-state index contributed by atoms with van der Waals surface area (Å²) in [4.78, 5) is 24.5. The predicted molar refractivity (Wildman–Crippen MR) is 107 cm³/mol. The van der Waals surface area contributed by atoms with Gasteiger partial charge in [0.1, 0.15) is 23.3 Å². The number of fused-ring (bicyclic) bond motifs is 1. The molecule has 0 spiro atoms. The summed E-state index contributed by atoms with van der Waals surface area (Å²) in [6, 6.07) is 1.63. The van der Waals surface area contributed by atoms with E-state index in [0.29, 0.717) is 30.8 Å². The van der Waals surface area contributed by atoms with Crippen molar-refractivity contribution in [3.05, 3.63) is 27.7 Å². The van der Waals surface area contributed by atoms with Crippen LogP contribution in [-0.4, -0.2) is 52.2 Å². The summed E-state index contributed by atoms with van der Waals surface area (Å²) >= 11 is 9.28. The molecule has 1 aliphatic rings. The first-order valence-electron chi connectivity index (χ1n) is 8.61. The molecule has 1 fully saturated rings. The van der Waals surface area contributed by atoms with Crippen molar-refractivity contribution in [3.63, 3.8) is 0 Å². The van der Waals surface area contributed by atoms with Crippen LogP contribution in [0.15, 0.2) is 16.9 Å². The zero-order valence-electron chi connectivity index (χ0n) is 15.6. The Morgan fingerprint density at radius 1 is 1.37 bits per heavy atom. The number of halogens is 3. The number of nitrogens with zero attached hydrogens (tertiary/aromatic N) is 4. The Bertz CT molecular complexity index is 890. The number of hydrogen-bond donors (Lipinski definition) is 0. The van der Waals surface area contributed by atoms with Gasteiger partial charge in [-0.05, 0) is 49.7 Å². The molecule has 0 N–H and O–H groups in total. The molecule has 2 aromatic rings. The van der Waals surface area contributed by atoms with Crippen molar-refractivity contribution >= 4 is 50.3 Å². The molecule has 1 aromatic carbocycles. The minimum Gasteiger partial charge on any atom is -0.444 e. The van der Waals surface area contributed by atoms with Gasteiger partial charge in [0.15, 0.2) is 5.82 Å². The highest BCUT2D eigenvalue weighted by Crippen LogP contribution is 2.35. The van der Waals surface area contributed by atoms with Gasteiger partial charge in [-0.15, -0.1) is 0 Å². The summed E-state index contributed by atoms with van der Waals surface area (Å²) in [7, 11) is 0. The van der Waals surface area contributed by atoms with Gasteiger partial charge in [-0.2, -0.15) is 0 Å². The molecular weight excluding hydrogens is 439 g/mol. The molecular formula is C18H21BrClFN4O2. The highest BCUT2D eigenvalue weighted by Gasteiger charge is 2.31. The van der Waals surface area contributed by atoms with E-state index in [4.69, 9.17) is 16.3 Å². The van der Waals surface area contributed by atoms with Crippen LogP contribution in [0.2, 0.25) is 5.02 Å². The average Bonchev–Trinajstić information content (AvgIpc) is 2.58. The monoisotopic (exact) mass is 458 g/mol. The number of benzene rings is 1. The van der Waals surface area contributed by atoms with E-state index in [0.717, 1.165) is 0 Å². The molecule has 9 heteroatoms. The molecule has 0 saturated carbocycles. The average molecular weight is 460 g/mol. The molecule has 6 nitrogen and oxygen atoms in total. The molecule has 1 aromatic heterocycles. The Morgan fingerprint density at radius 2 is 2.07 bits per heavy atom. The van der Waals surface area contributed by atoms with E-state index in [1.54, 1.807) is 11.0 Å². The van der Waals surface area contributed by atoms with E-state index in [2.05, 4.69) is 25.9 Å². The summed E-state index contributed by atoms with van der Waals surface area (Å²) in [6.45, 7) is 9.02. The first-order valence-corrected chi connectivity index (χ1v) is 9.78. The van der Waals surface area contributed by atoms with Gasteiger partial charge in [0.05, 0.1) is 9.50 Å². The van der Waals surface area contributed by atoms with Crippen LogP contribution in [0.25, 0.3) is 10.9 Å². The van der Waals surface area contributed by atoms with E-state index < -0.39 is 11.4 Å². The minimum absolute atomic E-state index is 0.0325. The molecule has 0 radical (unpaired) electrons. The number of carbonyl (C=O) groups is 1. The Hall–Kier alpha value is -1.67. The second kappa shape index (κ2) is 7.39. The Labute approximate surface area is 170 Å². The smallest absolute Gasteiger partial charge is 0.410 e. The number of aromatic nitrogens is 2. The molecule has 2 heterocycles. The molecule has 0 bridgehead atoms. The normalized spacial score (nSPS) is 18.1. The van der Waals surface area contributed by atoms with Crippen molar-refractivity contribution in [2.45, 2.75) is 39.3 Å². The zero-order valence-corrected chi connectivity index (χ0v) is 17.9. The van der Waals surface area contributed by atoms with E-state index in [9.17, 15) is 9.18 Å². The molecule has 1 atom stereocenters. The highest BCUT2D eigenvalue weighted by molar-refractivity contribution is 9.10. The van der Waals surface area contributed by atoms with E-state index >= 15 is 0 Å². The van der Waals surface area contributed by atoms with Gasteiger partial charge in [-0.1, -0.05) is 11.6 Å². The summed E-state index contributed by atoms with van der Waals surface area (Å²) in [5.74, 6) is 0.0887. The standard InChI is InChI=1S/C18H21BrClFN4O2/c1-10-8-24(17(26)27-18(2,3)4)5-6-25(10)16-11-7-12(20)13(19)14(21)15(11)22-9-23-16/h7,9-10H,5-6,8H2,1-4H3/t10-/m0/s1. The SMILES string of the molecule is C[C@H]1CN(C(=O)OC(C)(C)C)CCN1c1ncnc2c(F)c(Br)c(Cl)cc12. The quantitative estimate of drug-likeness (QED) is 0.582. The van der Waals surface area contributed by atoms with Crippen molar-refractivity contribution in [2.75, 3.05) is 24.5 Å². The fourth-order valence-corrected chi connectivity index (χ4v) is 3.58. The molecule has 0 unspecified atom stereocenters. The number of amides is 1. The summed E-state index contributed by atoms with van der Waals surface area (Å²) in [5.41, 5.74) is -0.333. The van der Waals surface area contributed by atoms with Gasteiger partial charge in [0.25, 0.3) is 0 Å². The highest BCUT2D eigenvalue weighted by atomic mass is 79.9. The van der Waals surface area contributed by atoms with Crippen molar-refractivity contribution in [1.82, 2.24) is 14.9 Å². The Kier molecular flexibility index (Phi) is 5.49. The zero-order chi connectivity index (χ0) is 19.9. The second-order valence-electron chi connectivity index (χ2n) is 7.55. The maximum Gasteiger partial charge on any atom is 0.410 e. The number of hydrogen-bond acceptors (Lipinski definition) is 5. The molecule has 3 rings (SSSR count). The van der Waals surface area contributed by atoms with Gasteiger partial charge in [0.2, 0.25) is 0 Å². The van der Waals surface area contributed by atoms with Gasteiger partial charge < -0.3 is 14.5 Å². The first kappa shape index (κ1) is 20.1. The van der Waals surface area contributed by atoms with Crippen LogP contribution >= 0.6 is 27.5 Å². The molecule has 1 aliphatic heterocycles. The van der Waals surface area contributed by atoms with Crippen molar-refractivity contribution in [1.29, 1.82) is 0 Å². The number of ether oxygens (including phenoxy) is 1. The predicted octanol–water partition coefficient (Wildman–Crippen LogP) is 4.63. The number of rotatable bonds is 1. The topological polar surface area (TPSA) is 58.6 Å². The summed E-state index contributed by atoms with van der Waals surface area (Å²) in [6.07, 6.45) is 1.01. The first-order chi connectivity index (χ1) is 12.6. The second-order valence-corrected chi connectivity index (χ2v) is 8.75. The maximum atomic E-state index is 14.5. The number of carbonyl (C=O) groups excluding carboxylic acids is 1. The molecule has 27 heavy (non-hydrogen) atoms. The van der Waals surface area contributed by atoms with E-state index in [1.165, 1.54) is 6.33 Å². The molecule has 0 aliphatic carbocycles. The lowest BCUT2D eigenvalue weighted by atomic mass is 10.1. The van der Waals surface area contributed by atoms with Crippen molar-refractivity contribution in [2.24, 2.45) is 0 Å². The number of piperazine rings is 1. The Balaban J connectivity index is 1.88. The van der Waals surface area contributed by atoms with E-state index in [-0.39, 0.29) is 27.1 Å². The summed E-state index contributed by atoms with van der Waals surface area (Å²) in [5, 5.41) is 0.803. The lowest BCUT2D eigenvalue weighted by Crippen LogP contribution is -2.54. The third kappa shape index (κ3) is 4.11. The largest absolute Gasteiger partial charge is 0.444 e. The third-order valence-electron chi connectivity index (χ3n) is 4.30. The minimum atomic E-state index is -0.540. The molecule has 1 amide bonds. The lowest BCUT2D eigenvalue weighted by molar-refractivity contribution is 0.0218. The lowest BCUT2D eigenvalue weighted by Gasteiger charge is -2.41. The molecule has 1 saturated heterocycles. The van der Waals surface area contributed by atoms with E-state index in [1.807, 2.05) is 32.6 Å². The van der Waals surface area contributed by atoms with Gasteiger partial charge in [-0.25, -0.2) is 19.2 Å². The fourth-order valence-electron chi connectivity index (χ4n) is 3.09. The van der Waals surface area contributed by atoms with Crippen LogP contribution in [0.5, 0.6) is 0 Å². The molecule has 146 valence electrons. The maximum absolute atomic E-state index is 14.5. The van der Waals surface area contributed by atoms with Crippen LogP contribution in [0.1, 0.15) is 27.7 Å². The third-order valence-corrected chi connectivity index (χ3v) is 5.60. The van der Waals surface area contributed by atoms with Gasteiger partial charge >= 0.3 is 6.09 Å². The van der Waals surface area contributed by atoms with Crippen molar-refractivity contribution < 1.29 is 13.9 Å². The van der Waals surface area contributed by atoms with Crippen LogP contribution in [0.4, 0.5) is 15.0 Å². The fraction of sp³-hybridized carbons (Fsp3) is 0.500. The van der Waals surface area contributed by atoms with Crippen LogP contribution in [0.3, 0.4) is 0 Å². The van der Waals surface area contributed by atoms with Crippen LogP contribution in [-0.2, 0) is 4.74 Å².